The van der Waals surface area contributed by atoms with Gasteiger partial charge < -0.3 is 9.64 Å². The molecule has 1 aliphatic heterocycles. The molecule has 5 aromatic carbocycles. The first-order chi connectivity index (χ1) is 19.7. The van der Waals surface area contributed by atoms with Crippen molar-refractivity contribution in [3.05, 3.63) is 155 Å². The third kappa shape index (κ3) is 4.83. The molecular formula is C36H25N3O. The fourth-order valence-electron chi connectivity index (χ4n) is 5.14. The number of allylic oxidation sites excluding steroid dienone is 3. The Labute approximate surface area is 233 Å². The lowest BCUT2D eigenvalue weighted by Crippen LogP contribution is -2.11. The van der Waals surface area contributed by atoms with Gasteiger partial charge in [0.05, 0.1) is 30.6 Å². The Hall–Kier alpha value is -5.58. The van der Waals surface area contributed by atoms with E-state index in [4.69, 9.17) is 11.3 Å². The number of fused-ring (bicyclic) bond motifs is 2. The highest BCUT2D eigenvalue weighted by Gasteiger charge is 2.17. The standard InChI is InChI=1S/C36H25N3O/c1-38-34(25-37)29-22-23-40-31(24-29)21-18-26-16-19-30(20-17-26)39(35-14-6-10-27-8-2-4-12-32(27)35)36-15-7-11-28-9-3-5-13-33(28)36/h2-21,24H,22-23H2/b21-18+,34-29-. The van der Waals surface area contributed by atoms with Gasteiger partial charge >= 0.3 is 0 Å². The highest BCUT2D eigenvalue weighted by molar-refractivity contribution is 6.04. The lowest BCUT2D eigenvalue weighted by atomic mass is 10.0. The van der Waals surface area contributed by atoms with Gasteiger partial charge in [0.2, 0.25) is 0 Å². The van der Waals surface area contributed by atoms with Crippen LogP contribution >= 0.6 is 0 Å². The molecule has 0 unspecified atom stereocenters. The molecule has 0 saturated heterocycles. The largest absolute Gasteiger partial charge is 0.493 e. The summed E-state index contributed by atoms with van der Waals surface area (Å²) in [5.41, 5.74) is 5.15. The summed E-state index contributed by atoms with van der Waals surface area (Å²) in [6.07, 6.45) is 6.23. The number of rotatable bonds is 5. The molecule has 0 spiro atoms. The Kier molecular flexibility index (Phi) is 6.82. The molecule has 0 atom stereocenters. The van der Waals surface area contributed by atoms with Gasteiger partial charge in [-0.1, -0.05) is 91.0 Å². The van der Waals surface area contributed by atoms with Gasteiger partial charge in [0, 0.05) is 16.5 Å². The van der Waals surface area contributed by atoms with Crippen LogP contribution in [0.5, 0.6) is 0 Å². The molecule has 0 amide bonds. The highest BCUT2D eigenvalue weighted by atomic mass is 16.5. The zero-order valence-electron chi connectivity index (χ0n) is 21.8. The quantitative estimate of drug-likeness (QED) is 0.173. The van der Waals surface area contributed by atoms with Gasteiger partial charge in [-0.2, -0.15) is 0 Å². The van der Waals surface area contributed by atoms with Crippen molar-refractivity contribution >= 4 is 44.7 Å². The van der Waals surface area contributed by atoms with Gasteiger partial charge in [-0.15, -0.1) is 0 Å². The van der Waals surface area contributed by atoms with Crippen LogP contribution in [-0.4, -0.2) is 6.61 Å². The summed E-state index contributed by atoms with van der Waals surface area (Å²) in [7, 11) is 0. The van der Waals surface area contributed by atoms with Gasteiger partial charge in [0.25, 0.3) is 5.70 Å². The monoisotopic (exact) mass is 515 g/mol. The molecule has 4 nitrogen and oxygen atoms in total. The minimum Gasteiger partial charge on any atom is -0.493 e. The molecule has 0 bridgehead atoms. The van der Waals surface area contributed by atoms with Crippen LogP contribution in [0.25, 0.3) is 32.5 Å². The normalized spacial score (nSPS) is 14.3. The molecule has 0 saturated carbocycles. The first kappa shape index (κ1) is 24.7. The smallest absolute Gasteiger partial charge is 0.265 e. The van der Waals surface area contributed by atoms with Crippen LogP contribution in [0.3, 0.4) is 0 Å². The van der Waals surface area contributed by atoms with Crippen molar-refractivity contribution in [1.82, 2.24) is 0 Å². The van der Waals surface area contributed by atoms with Gasteiger partial charge in [0.1, 0.15) is 5.76 Å². The molecule has 0 N–H and O–H groups in total. The van der Waals surface area contributed by atoms with E-state index >= 15 is 0 Å². The maximum atomic E-state index is 9.21. The number of hydrogen-bond donors (Lipinski definition) is 0. The summed E-state index contributed by atoms with van der Waals surface area (Å²) in [4.78, 5) is 5.67. The number of nitrogens with zero attached hydrogens (tertiary/aromatic N) is 3. The molecule has 40 heavy (non-hydrogen) atoms. The van der Waals surface area contributed by atoms with Gasteiger partial charge in [-0.3, -0.25) is 0 Å². The van der Waals surface area contributed by atoms with Crippen LogP contribution in [0.1, 0.15) is 12.0 Å². The third-order valence-electron chi connectivity index (χ3n) is 7.08. The van der Waals surface area contributed by atoms with E-state index in [0.717, 1.165) is 28.2 Å². The molecule has 190 valence electrons. The molecule has 1 aliphatic rings. The second-order valence-electron chi connectivity index (χ2n) is 9.50. The lowest BCUT2D eigenvalue weighted by molar-refractivity contribution is 0.219. The Bertz CT molecular complexity index is 1790. The van der Waals surface area contributed by atoms with Gasteiger partial charge in [-0.05, 0) is 64.7 Å². The summed E-state index contributed by atoms with van der Waals surface area (Å²) in [6, 6.07) is 40.3. The molecule has 6 rings (SSSR count). The van der Waals surface area contributed by atoms with Crippen molar-refractivity contribution in [3.63, 3.8) is 0 Å². The zero-order chi connectivity index (χ0) is 27.3. The Morgan fingerprint density at radius 2 is 1.38 bits per heavy atom. The average molecular weight is 516 g/mol. The van der Waals surface area contributed by atoms with Crippen LogP contribution < -0.4 is 4.90 Å². The third-order valence-corrected chi connectivity index (χ3v) is 7.08. The minimum atomic E-state index is 0.125. The molecule has 0 aliphatic carbocycles. The van der Waals surface area contributed by atoms with E-state index in [1.54, 1.807) is 6.08 Å². The number of ether oxygens (including phenoxy) is 1. The van der Waals surface area contributed by atoms with Crippen molar-refractivity contribution in [2.45, 2.75) is 6.42 Å². The first-order valence-electron chi connectivity index (χ1n) is 13.1. The number of benzene rings is 5. The Morgan fingerprint density at radius 3 is 1.98 bits per heavy atom. The van der Waals surface area contributed by atoms with E-state index in [1.807, 2.05) is 18.2 Å². The summed E-state index contributed by atoms with van der Waals surface area (Å²) >= 11 is 0. The van der Waals surface area contributed by atoms with Crippen LogP contribution in [0.15, 0.2) is 138 Å². The highest BCUT2D eigenvalue weighted by Crippen LogP contribution is 2.41. The maximum absolute atomic E-state index is 9.21. The van der Waals surface area contributed by atoms with Gasteiger partial charge in [0.15, 0.2) is 0 Å². The number of anilines is 3. The Balaban J connectivity index is 1.41. The summed E-state index contributed by atoms with van der Waals surface area (Å²) in [5.74, 6) is 0.648. The summed E-state index contributed by atoms with van der Waals surface area (Å²) in [5, 5.41) is 14.0. The van der Waals surface area contributed by atoms with Crippen LogP contribution in [0.2, 0.25) is 0 Å². The summed E-state index contributed by atoms with van der Waals surface area (Å²) in [6.45, 7) is 7.67. The van der Waals surface area contributed by atoms with Crippen molar-refractivity contribution < 1.29 is 4.74 Å². The van der Waals surface area contributed by atoms with Crippen LogP contribution in [-0.2, 0) is 4.74 Å². The molecule has 1 heterocycles. The minimum absolute atomic E-state index is 0.125. The van der Waals surface area contributed by atoms with Crippen molar-refractivity contribution in [2.24, 2.45) is 0 Å². The van der Waals surface area contributed by atoms with E-state index in [0.29, 0.717) is 18.8 Å². The second kappa shape index (κ2) is 11.0. The SMILES string of the molecule is [C-]#[N+]/C(C#N)=C1C=C(/C=C/c2ccc(N(c3cccc4ccccc34)c3cccc4ccccc34)cc2)OCC\1. The topological polar surface area (TPSA) is 40.6 Å². The first-order valence-corrected chi connectivity index (χ1v) is 13.1. The molecule has 0 fully saturated rings. The number of hydrogen-bond acceptors (Lipinski definition) is 3. The van der Waals surface area contributed by atoms with Crippen molar-refractivity contribution in [2.75, 3.05) is 11.5 Å². The van der Waals surface area contributed by atoms with E-state index < -0.39 is 0 Å². The predicted octanol–water partition coefficient (Wildman–Crippen LogP) is 9.48. The molecular weight excluding hydrogens is 490 g/mol. The van der Waals surface area contributed by atoms with E-state index in [9.17, 15) is 5.26 Å². The number of nitriles is 1. The predicted molar refractivity (Wildman–Crippen MR) is 163 cm³/mol. The van der Waals surface area contributed by atoms with Crippen LogP contribution in [0.4, 0.5) is 17.1 Å². The molecule has 5 aromatic rings. The maximum Gasteiger partial charge on any atom is 0.265 e. The summed E-state index contributed by atoms with van der Waals surface area (Å²) < 4.78 is 5.75. The van der Waals surface area contributed by atoms with E-state index in [-0.39, 0.29) is 5.70 Å². The lowest BCUT2D eigenvalue weighted by Gasteiger charge is -2.28. The fourth-order valence-corrected chi connectivity index (χ4v) is 5.14. The zero-order valence-corrected chi connectivity index (χ0v) is 21.8. The van der Waals surface area contributed by atoms with Gasteiger partial charge in [-0.25, -0.2) is 10.1 Å². The van der Waals surface area contributed by atoms with E-state index in [1.165, 1.54) is 21.5 Å². The molecule has 0 radical (unpaired) electrons. The molecule has 4 heteroatoms. The van der Waals surface area contributed by atoms with Crippen molar-refractivity contribution in [3.8, 4) is 6.07 Å². The van der Waals surface area contributed by atoms with Crippen LogP contribution in [0, 0.1) is 17.9 Å². The fraction of sp³-hybridized carbons (Fsp3) is 0.0556. The second-order valence-corrected chi connectivity index (χ2v) is 9.50. The van der Waals surface area contributed by atoms with E-state index in [2.05, 4.69) is 119 Å². The molecule has 0 aromatic heterocycles. The average Bonchev–Trinajstić information content (AvgIpc) is 3.02. The Morgan fingerprint density at radius 1 is 0.775 bits per heavy atom. The van der Waals surface area contributed by atoms with Crippen molar-refractivity contribution in [1.29, 1.82) is 5.26 Å².